The third-order valence-corrected chi connectivity index (χ3v) is 6.82. The maximum absolute atomic E-state index is 11.7. The summed E-state index contributed by atoms with van der Waals surface area (Å²) in [6.45, 7) is 7.11. The zero-order chi connectivity index (χ0) is 15.4. The van der Waals surface area contributed by atoms with Crippen LogP contribution in [0.4, 0.5) is 0 Å². The molecule has 0 aromatic carbocycles. The second kappa shape index (κ2) is 4.82. The quantitative estimate of drug-likeness (QED) is 0.615. The van der Waals surface area contributed by atoms with Gasteiger partial charge < -0.3 is 14.9 Å². The lowest BCUT2D eigenvalue weighted by atomic mass is 9.54. The normalized spacial score (nSPS) is 47.0. The van der Waals surface area contributed by atoms with Crippen molar-refractivity contribution in [2.45, 2.75) is 64.3 Å². The smallest absolute Gasteiger partial charge is 0.330 e. The molecule has 2 bridgehead atoms. The van der Waals surface area contributed by atoms with Crippen LogP contribution in [-0.2, 0) is 9.53 Å². The fourth-order valence-corrected chi connectivity index (χ4v) is 6.30. The molecule has 3 fully saturated rings. The van der Waals surface area contributed by atoms with Crippen LogP contribution in [0.3, 0.4) is 0 Å². The predicted molar refractivity (Wildman–Crippen MR) is 78.4 cm³/mol. The lowest BCUT2D eigenvalue weighted by Crippen LogP contribution is -2.59. The van der Waals surface area contributed by atoms with Crippen molar-refractivity contribution in [3.8, 4) is 0 Å². The summed E-state index contributed by atoms with van der Waals surface area (Å²) in [6, 6.07) is 0. The molecule has 3 aliphatic rings. The monoisotopic (exact) mass is 294 g/mol. The number of aliphatic hydroxyl groups is 2. The van der Waals surface area contributed by atoms with Crippen molar-refractivity contribution in [1.29, 1.82) is 0 Å². The van der Waals surface area contributed by atoms with E-state index in [-0.39, 0.29) is 11.5 Å². The van der Waals surface area contributed by atoms with E-state index in [9.17, 15) is 15.0 Å². The van der Waals surface area contributed by atoms with Crippen LogP contribution in [-0.4, -0.2) is 34.5 Å². The van der Waals surface area contributed by atoms with E-state index in [1.165, 1.54) is 6.08 Å². The lowest BCUT2D eigenvalue weighted by molar-refractivity contribution is -0.193. The molecule has 118 valence electrons. The third kappa shape index (κ3) is 1.66. The average molecular weight is 294 g/mol. The molecule has 3 saturated carbocycles. The molecular weight excluding hydrogens is 268 g/mol. The standard InChI is InChI=1S/C17H26O4/c1-4-15(20)21-14-6-5-13-12-7-8-16(9-12,10(2)18)17(13,14)11(3)19/h4,10-14,18-19H,1,5-9H2,2-3H3. The van der Waals surface area contributed by atoms with Crippen molar-refractivity contribution < 1.29 is 19.7 Å². The summed E-state index contributed by atoms with van der Waals surface area (Å²) in [5, 5.41) is 21.2. The number of esters is 1. The summed E-state index contributed by atoms with van der Waals surface area (Å²) in [4.78, 5) is 11.7. The molecule has 4 nitrogen and oxygen atoms in total. The zero-order valence-corrected chi connectivity index (χ0v) is 12.9. The van der Waals surface area contributed by atoms with E-state index >= 15 is 0 Å². The number of hydrogen-bond donors (Lipinski definition) is 2. The van der Waals surface area contributed by atoms with Crippen molar-refractivity contribution in [2.24, 2.45) is 22.7 Å². The molecular formula is C17H26O4. The highest BCUT2D eigenvalue weighted by atomic mass is 16.5. The lowest BCUT2D eigenvalue weighted by Gasteiger charge is -2.53. The van der Waals surface area contributed by atoms with Gasteiger partial charge in [0.25, 0.3) is 0 Å². The fraction of sp³-hybridized carbons (Fsp3) is 0.824. The maximum atomic E-state index is 11.7. The molecule has 0 radical (unpaired) electrons. The van der Waals surface area contributed by atoms with Gasteiger partial charge in [-0.25, -0.2) is 4.79 Å². The minimum absolute atomic E-state index is 0.312. The molecule has 4 heteroatoms. The predicted octanol–water partition coefficient (Wildman–Crippen LogP) is 2.04. The van der Waals surface area contributed by atoms with Crippen molar-refractivity contribution in [1.82, 2.24) is 0 Å². The largest absolute Gasteiger partial charge is 0.458 e. The molecule has 7 unspecified atom stereocenters. The highest BCUT2D eigenvalue weighted by Crippen LogP contribution is 2.75. The Kier molecular flexibility index (Phi) is 3.45. The molecule has 0 aliphatic heterocycles. The molecule has 0 amide bonds. The van der Waals surface area contributed by atoms with Crippen molar-refractivity contribution in [3.05, 3.63) is 12.7 Å². The van der Waals surface area contributed by atoms with Crippen LogP contribution in [0.1, 0.15) is 46.0 Å². The van der Waals surface area contributed by atoms with Crippen LogP contribution in [0, 0.1) is 22.7 Å². The summed E-state index contributed by atoms with van der Waals surface area (Å²) in [5.41, 5.74) is -0.818. The van der Waals surface area contributed by atoms with Crippen molar-refractivity contribution >= 4 is 5.97 Å². The number of aliphatic hydroxyl groups excluding tert-OH is 2. The number of ether oxygens (including phenoxy) is 1. The van der Waals surface area contributed by atoms with Gasteiger partial charge in [-0.1, -0.05) is 6.58 Å². The molecule has 0 aromatic rings. The molecule has 3 aliphatic carbocycles. The van der Waals surface area contributed by atoms with Gasteiger partial charge in [-0.05, 0) is 57.8 Å². The molecule has 7 atom stereocenters. The zero-order valence-electron chi connectivity index (χ0n) is 12.9. The molecule has 0 saturated heterocycles. The highest BCUT2D eigenvalue weighted by Gasteiger charge is 2.75. The van der Waals surface area contributed by atoms with Gasteiger partial charge in [0, 0.05) is 16.9 Å². The Morgan fingerprint density at radius 2 is 2.00 bits per heavy atom. The SMILES string of the molecule is C=CC(=O)OC1CCC2C3CCC(C(C)O)(C3)C12C(C)O. The number of hydrogen-bond acceptors (Lipinski definition) is 4. The van der Waals surface area contributed by atoms with Crippen LogP contribution in [0.5, 0.6) is 0 Å². The Bertz CT molecular complexity index is 458. The van der Waals surface area contributed by atoms with E-state index in [1.54, 1.807) is 6.92 Å². The number of carbonyl (C=O) groups is 1. The summed E-state index contributed by atoms with van der Waals surface area (Å²) in [6.07, 6.45) is 4.52. The van der Waals surface area contributed by atoms with Gasteiger partial charge in [-0.2, -0.15) is 0 Å². The summed E-state index contributed by atoms with van der Waals surface area (Å²) >= 11 is 0. The molecule has 0 spiro atoms. The minimum atomic E-state index is -0.590. The van der Waals surface area contributed by atoms with E-state index in [0.29, 0.717) is 11.8 Å². The molecule has 2 N–H and O–H groups in total. The number of rotatable bonds is 4. The summed E-state index contributed by atoms with van der Waals surface area (Å²) in [5.74, 6) is 0.467. The first-order valence-corrected chi connectivity index (χ1v) is 8.09. The second-order valence-corrected chi connectivity index (χ2v) is 7.26. The first-order chi connectivity index (χ1) is 9.90. The first kappa shape index (κ1) is 15.0. The van der Waals surface area contributed by atoms with Gasteiger partial charge in [0.2, 0.25) is 0 Å². The molecule has 21 heavy (non-hydrogen) atoms. The Morgan fingerprint density at radius 1 is 1.29 bits per heavy atom. The van der Waals surface area contributed by atoms with Crippen LogP contribution in [0.25, 0.3) is 0 Å². The van der Waals surface area contributed by atoms with Gasteiger partial charge >= 0.3 is 5.97 Å². The van der Waals surface area contributed by atoms with Gasteiger partial charge in [0.05, 0.1) is 12.2 Å². The van der Waals surface area contributed by atoms with Crippen LogP contribution >= 0.6 is 0 Å². The number of carbonyl (C=O) groups excluding carboxylic acids is 1. The summed E-state index contributed by atoms with van der Waals surface area (Å²) in [7, 11) is 0. The second-order valence-electron chi connectivity index (χ2n) is 7.26. The van der Waals surface area contributed by atoms with Crippen molar-refractivity contribution in [3.63, 3.8) is 0 Å². The average Bonchev–Trinajstić information content (AvgIpc) is 3.08. The minimum Gasteiger partial charge on any atom is -0.458 e. The maximum Gasteiger partial charge on any atom is 0.330 e. The molecule has 3 rings (SSSR count). The first-order valence-electron chi connectivity index (χ1n) is 8.09. The van der Waals surface area contributed by atoms with E-state index in [0.717, 1.165) is 32.1 Å². The van der Waals surface area contributed by atoms with Crippen LogP contribution < -0.4 is 0 Å². The van der Waals surface area contributed by atoms with Crippen LogP contribution in [0.2, 0.25) is 0 Å². The molecule has 0 aromatic heterocycles. The van der Waals surface area contributed by atoms with Gasteiger partial charge in [-0.15, -0.1) is 0 Å². The van der Waals surface area contributed by atoms with Crippen molar-refractivity contribution in [2.75, 3.05) is 0 Å². The highest BCUT2D eigenvalue weighted by molar-refractivity contribution is 5.81. The summed E-state index contributed by atoms with van der Waals surface area (Å²) < 4.78 is 5.64. The van der Waals surface area contributed by atoms with Gasteiger partial charge in [0.15, 0.2) is 0 Å². The Hall–Kier alpha value is -0.870. The molecule has 0 heterocycles. The van der Waals surface area contributed by atoms with E-state index in [1.807, 2.05) is 6.92 Å². The Labute approximate surface area is 126 Å². The fourth-order valence-electron chi connectivity index (χ4n) is 6.30. The van der Waals surface area contributed by atoms with Gasteiger partial charge in [0.1, 0.15) is 6.10 Å². The van der Waals surface area contributed by atoms with Gasteiger partial charge in [-0.3, -0.25) is 0 Å². The van der Waals surface area contributed by atoms with E-state index in [2.05, 4.69) is 6.58 Å². The van der Waals surface area contributed by atoms with E-state index < -0.39 is 23.6 Å². The Morgan fingerprint density at radius 3 is 2.57 bits per heavy atom. The topological polar surface area (TPSA) is 66.8 Å². The van der Waals surface area contributed by atoms with Crippen LogP contribution in [0.15, 0.2) is 12.7 Å². The third-order valence-electron chi connectivity index (χ3n) is 6.82. The Balaban J connectivity index is 2.06. The van der Waals surface area contributed by atoms with E-state index in [4.69, 9.17) is 4.74 Å². The number of fused-ring (bicyclic) bond motifs is 5.